The van der Waals surface area contributed by atoms with Crippen LogP contribution < -0.4 is 25.8 Å². The maximum Gasteiger partial charge on any atom is 0.312 e. The van der Waals surface area contributed by atoms with Crippen molar-refractivity contribution in [1.29, 1.82) is 0 Å². The lowest BCUT2D eigenvalue weighted by atomic mass is 9.78. The van der Waals surface area contributed by atoms with Crippen molar-refractivity contribution in [3.05, 3.63) is 98.3 Å². The highest BCUT2D eigenvalue weighted by Gasteiger charge is 2.50. The van der Waals surface area contributed by atoms with Gasteiger partial charge in [0.2, 0.25) is 0 Å². The van der Waals surface area contributed by atoms with Crippen molar-refractivity contribution in [2.45, 2.75) is 111 Å². The van der Waals surface area contributed by atoms with E-state index in [-0.39, 0.29) is 79.3 Å². The molecule has 1 aromatic heterocycles. The van der Waals surface area contributed by atoms with E-state index < -0.39 is 111 Å². The molecule has 5 heterocycles. The molecule has 418 valence electrons. The van der Waals surface area contributed by atoms with Gasteiger partial charge in [-0.3, -0.25) is 19.2 Å². The van der Waals surface area contributed by atoms with Gasteiger partial charge in [0.25, 0.3) is 11.7 Å². The van der Waals surface area contributed by atoms with E-state index in [1.165, 1.54) is 53.2 Å². The van der Waals surface area contributed by atoms with Gasteiger partial charge in [-0.1, -0.05) is 64.1 Å². The first-order chi connectivity index (χ1) is 36.8. The molecule has 5 aliphatic rings. The summed E-state index contributed by atoms with van der Waals surface area (Å²) in [5.74, 6) is -10.5. The molecule has 3 aromatic carbocycles. The van der Waals surface area contributed by atoms with Crippen LogP contribution in [0.3, 0.4) is 0 Å². The summed E-state index contributed by atoms with van der Waals surface area (Å²) in [6, 6.07) is 1.15. The van der Waals surface area contributed by atoms with Gasteiger partial charge in [0.1, 0.15) is 34.9 Å². The number of esters is 1. The fourth-order valence-corrected chi connectivity index (χ4v) is 11.3. The van der Waals surface area contributed by atoms with E-state index in [2.05, 4.69) is 22.4 Å². The number of phenolic OH excluding ortho intramolecular Hbond substituents is 3. The van der Waals surface area contributed by atoms with Crippen LogP contribution in [-0.2, 0) is 23.8 Å². The molecule has 1 amide bonds. The van der Waals surface area contributed by atoms with Crippen LogP contribution in [0.1, 0.15) is 101 Å². The number of halogens is 2. The van der Waals surface area contributed by atoms with Crippen LogP contribution in [0.15, 0.2) is 64.9 Å². The lowest BCUT2D eigenvalue weighted by Crippen LogP contribution is -2.46. The third kappa shape index (κ3) is 10.5. The Morgan fingerprint density at radius 3 is 2.38 bits per heavy atom. The highest BCUT2D eigenvalue weighted by Crippen LogP contribution is 2.55. The van der Waals surface area contributed by atoms with Crippen molar-refractivity contribution < 1.29 is 68.4 Å². The number of pyridine rings is 1. The van der Waals surface area contributed by atoms with E-state index in [9.17, 15) is 49.8 Å². The number of ether oxygens (including phenoxy) is 4. The van der Waals surface area contributed by atoms with Gasteiger partial charge in [0.15, 0.2) is 11.2 Å². The third-order valence-corrected chi connectivity index (χ3v) is 16.1. The number of allylic oxidation sites excluding steroid dienone is 2. The number of nitrogens with zero attached hydrogens (tertiary/aromatic N) is 3. The van der Waals surface area contributed by atoms with E-state index in [0.717, 1.165) is 31.4 Å². The highest BCUT2D eigenvalue weighted by atomic mass is 35.5. The van der Waals surface area contributed by atoms with Gasteiger partial charge >= 0.3 is 11.8 Å². The molecule has 21 heteroatoms. The Morgan fingerprint density at radius 2 is 1.73 bits per heavy atom. The molecule has 4 aliphatic heterocycles. The van der Waals surface area contributed by atoms with E-state index in [1.54, 1.807) is 49.3 Å². The molecule has 10 atom stereocenters. The maximum atomic E-state index is 16.1. The standard InChI is InChI=1S/C57H67ClFN5O14/c1-25-12-11-13-26(2)56(74)62-44-36(22-61-60-21-33-16-18-63(23-33)46-38(59)20-35-45(43(46)58)64(34-14-15-34)24-37(31(7)65)50(35)70)51(71)40-41(52(44)72)49(69)30(6)54-42(40)55(73)57(9,78-54)76-19-17-39(75-10)27(3)53(77-32(8)66)29(5)48(68)28(4)47(25)67/h11-13,17,19-20,22,24-25,27-29,33-34,39,47-48,53,60,65,67-69,71-72H,7,14-16,18,21,23H2,1-6,8-10H3,(H,62,74)/b12-11+,19-17+,26-13-,61-22-/t25-,27+,28+,29+,33?,39-,47-,48+,53+,57-/m0/s1. The fraction of sp³-hybridized carbons (Fsp3) is 0.456. The van der Waals surface area contributed by atoms with Crippen LogP contribution in [0, 0.1) is 42.3 Å². The summed E-state index contributed by atoms with van der Waals surface area (Å²) in [7, 11) is 1.41. The zero-order chi connectivity index (χ0) is 57.0. The maximum absolute atomic E-state index is 16.1. The lowest BCUT2D eigenvalue weighted by Gasteiger charge is -2.38. The van der Waals surface area contributed by atoms with E-state index in [0.29, 0.717) is 25.0 Å². The monoisotopic (exact) mass is 1100 g/mol. The van der Waals surface area contributed by atoms with Crippen LogP contribution in [0.4, 0.5) is 15.8 Å². The normalized spacial score (nSPS) is 28.6. The van der Waals surface area contributed by atoms with Gasteiger partial charge in [-0.05, 0) is 51.2 Å². The molecule has 9 rings (SSSR count). The fourth-order valence-electron chi connectivity index (χ4n) is 10.9. The molecule has 19 nitrogen and oxygen atoms in total. The molecule has 8 N–H and O–H groups in total. The van der Waals surface area contributed by atoms with Crippen molar-refractivity contribution in [2.75, 3.05) is 37.0 Å². The molecule has 1 saturated heterocycles. The lowest BCUT2D eigenvalue weighted by molar-refractivity contribution is -0.160. The summed E-state index contributed by atoms with van der Waals surface area (Å²) in [4.78, 5) is 56.3. The number of anilines is 2. The zero-order valence-electron chi connectivity index (χ0n) is 44.9. The number of aliphatic hydroxyl groups is 3. The summed E-state index contributed by atoms with van der Waals surface area (Å²) >= 11 is 6.97. The van der Waals surface area contributed by atoms with Crippen LogP contribution >= 0.6 is 11.6 Å². The molecule has 1 aliphatic carbocycles. The number of benzene rings is 3. The number of ketones is 1. The van der Waals surface area contributed by atoms with Crippen LogP contribution in [0.5, 0.6) is 23.0 Å². The number of phenols is 3. The van der Waals surface area contributed by atoms with Crippen molar-refractivity contribution in [1.82, 2.24) is 9.99 Å². The Kier molecular flexibility index (Phi) is 16.3. The van der Waals surface area contributed by atoms with Gasteiger partial charge in [-0.2, -0.15) is 5.10 Å². The molecule has 2 fully saturated rings. The van der Waals surface area contributed by atoms with E-state index in [4.69, 9.17) is 30.5 Å². The van der Waals surface area contributed by atoms with Crippen LogP contribution in [-0.4, -0.2) is 116 Å². The minimum Gasteiger partial charge on any atom is -0.508 e. The van der Waals surface area contributed by atoms with Crippen molar-refractivity contribution in [3.63, 3.8) is 0 Å². The first-order valence-electron chi connectivity index (χ1n) is 25.9. The number of aromatic nitrogens is 1. The number of Topliss-reactive ketones (excluding diaryl/α,β-unsaturated/α-hetero) is 1. The number of hydrogen-bond donors (Lipinski definition) is 8. The molecular weight excluding hydrogens is 1030 g/mol. The summed E-state index contributed by atoms with van der Waals surface area (Å²) < 4.78 is 41.6. The zero-order valence-corrected chi connectivity index (χ0v) is 45.6. The molecule has 0 spiro atoms. The average Bonchev–Trinajstić information content (AvgIpc) is 4.26. The van der Waals surface area contributed by atoms with E-state index in [1.807, 2.05) is 0 Å². The summed E-state index contributed by atoms with van der Waals surface area (Å²) in [5.41, 5.74) is 1.97. The highest BCUT2D eigenvalue weighted by molar-refractivity contribution is 6.38. The van der Waals surface area contributed by atoms with Crippen molar-refractivity contribution >= 4 is 74.3 Å². The molecule has 0 radical (unpaired) electrons. The van der Waals surface area contributed by atoms with Crippen LogP contribution in [0.2, 0.25) is 5.02 Å². The number of hydrogen-bond acceptors (Lipinski definition) is 17. The first-order valence-corrected chi connectivity index (χ1v) is 26.2. The number of carbonyl (C=O) groups is 3. The number of amides is 1. The third-order valence-electron chi connectivity index (χ3n) is 15.7. The van der Waals surface area contributed by atoms with Crippen molar-refractivity contribution in [3.8, 4) is 23.0 Å². The predicted molar refractivity (Wildman–Crippen MR) is 293 cm³/mol. The number of aliphatic hydroxyl groups excluding tert-OH is 3. The first kappa shape index (κ1) is 57.1. The van der Waals surface area contributed by atoms with Gasteiger partial charge in [0, 0.05) is 93.0 Å². The number of nitrogens with one attached hydrogen (secondary N) is 2. The molecule has 1 saturated carbocycles. The van der Waals surface area contributed by atoms with Gasteiger partial charge in [-0.15, -0.1) is 0 Å². The number of fused-ring (bicyclic) bond motifs is 15. The molecule has 78 heavy (non-hydrogen) atoms. The summed E-state index contributed by atoms with van der Waals surface area (Å²) in [6.07, 6.45) is 8.00. The smallest absolute Gasteiger partial charge is 0.312 e. The molecular formula is C57H67ClFN5O14. The van der Waals surface area contributed by atoms with Crippen molar-refractivity contribution in [2.24, 2.45) is 34.7 Å². The minimum absolute atomic E-state index is 0.00973. The quantitative estimate of drug-likeness (QED) is 0.0196. The Hall–Kier alpha value is -7.13. The number of methoxy groups -OCH3 is 1. The minimum atomic E-state index is -2.13. The number of aromatic hydroxyl groups is 3. The Bertz CT molecular complexity index is 3300. The Labute approximate surface area is 454 Å². The largest absolute Gasteiger partial charge is 0.508 e. The van der Waals surface area contributed by atoms with E-state index >= 15 is 4.39 Å². The van der Waals surface area contributed by atoms with Crippen LogP contribution in [0.25, 0.3) is 27.4 Å². The topological polar surface area (TPSA) is 271 Å². The summed E-state index contributed by atoms with van der Waals surface area (Å²) in [6.45, 7) is 16.7. The van der Waals surface area contributed by atoms with Gasteiger partial charge in [0.05, 0.1) is 80.2 Å². The number of carbonyl (C=O) groups excluding carboxylic acids is 3. The summed E-state index contributed by atoms with van der Waals surface area (Å²) in [5, 5.41) is 75.8. The second kappa shape index (κ2) is 22.3. The molecule has 4 aromatic rings. The SMILES string of the molecule is C=C(O)c1cn(C2CC2)c2c(Cl)c(N3CCC(CN/N=C\c4c5c(O)c6c(O)c(C)c7c(c6c4O)C(=O)[C@@](C)(O/C=C/[C@H](OC)[C@@H](C)[C@@H](OC(C)=O)[C@H](C)[C@H](O)[C@H](C)[C@@H](O)[C@@H](C)/C=C/C=C(/C)C(=O)N5)O7)C3)c(F)cc2c1=O. The van der Waals surface area contributed by atoms with Gasteiger partial charge < -0.3 is 69.8 Å². The molecule has 1 unspecified atom stereocenters. The Morgan fingerprint density at radius 1 is 1.03 bits per heavy atom. The number of rotatable bonds is 9. The average molecular weight is 1100 g/mol. The number of hydrazone groups is 1. The molecule has 5 bridgehead atoms. The predicted octanol–water partition coefficient (Wildman–Crippen LogP) is 8.18. The van der Waals surface area contributed by atoms with Gasteiger partial charge in [-0.25, -0.2) is 4.39 Å². The second-order valence-electron chi connectivity index (χ2n) is 21.2. The second-order valence-corrected chi connectivity index (χ2v) is 21.6. The Balaban J connectivity index is 1.15.